The van der Waals surface area contributed by atoms with E-state index in [0.29, 0.717) is 5.56 Å². The Morgan fingerprint density at radius 3 is 2.50 bits per heavy atom. The molecule has 0 fully saturated rings. The van der Waals surface area contributed by atoms with Crippen LogP contribution in [-0.4, -0.2) is 9.97 Å². The number of aromatic nitrogens is 2. The van der Waals surface area contributed by atoms with Gasteiger partial charge in [-0.2, -0.15) is 13.2 Å². The number of H-pyrrole nitrogens is 1. The Morgan fingerprint density at radius 1 is 1.22 bits per heavy atom. The minimum absolute atomic E-state index is 0.0178. The van der Waals surface area contributed by atoms with Crippen molar-refractivity contribution in [3.8, 4) is 11.3 Å². The zero-order valence-corrected chi connectivity index (χ0v) is 9.38. The molecular formula is C12H9F3N2O. The summed E-state index contributed by atoms with van der Waals surface area (Å²) in [5.41, 5.74) is 0.456. The van der Waals surface area contributed by atoms with Crippen molar-refractivity contribution in [1.82, 2.24) is 9.97 Å². The van der Waals surface area contributed by atoms with Crippen LogP contribution in [0.5, 0.6) is 0 Å². The van der Waals surface area contributed by atoms with Crippen molar-refractivity contribution >= 4 is 0 Å². The Balaban J connectivity index is 2.63. The second kappa shape index (κ2) is 4.29. The fraction of sp³-hybridized carbons (Fsp3) is 0.167. The van der Waals surface area contributed by atoms with Crippen LogP contribution in [0.2, 0.25) is 0 Å². The third kappa shape index (κ3) is 2.42. The molecule has 0 bridgehead atoms. The van der Waals surface area contributed by atoms with Gasteiger partial charge in [-0.1, -0.05) is 24.3 Å². The van der Waals surface area contributed by atoms with Gasteiger partial charge in [-0.25, -0.2) is 4.98 Å². The van der Waals surface area contributed by atoms with E-state index in [1.54, 1.807) is 36.2 Å². The quantitative estimate of drug-likeness (QED) is 0.850. The maximum Gasteiger partial charge on any atom is 0.449 e. The van der Waals surface area contributed by atoms with E-state index in [-0.39, 0.29) is 5.69 Å². The van der Waals surface area contributed by atoms with E-state index in [0.717, 1.165) is 11.6 Å². The Bertz CT molecular complexity index is 632. The normalized spacial score (nSPS) is 11.6. The molecular weight excluding hydrogens is 245 g/mol. The standard InChI is InChI=1S/C12H9F3N2O/c1-7-4-2-3-5-8(7)9-6-10(18)17-11(16-9)12(13,14)15/h2-6H,1H3,(H,16,17,18). The Hall–Kier alpha value is -2.11. The molecule has 0 aliphatic heterocycles. The Morgan fingerprint density at radius 2 is 1.89 bits per heavy atom. The first-order valence-electron chi connectivity index (χ1n) is 5.12. The van der Waals surface area contributed by atoms with Crippen molar-refractivity contribution in [2.24, 2.45) is 0 Å². The smallest absolute Gasteiger partial charge is 0.303 e. The van der Waals surface area contributed by atoms with Crippen LogP contribution in [-0.2, 0) is 6.18 Å². The largest absolute Gasteiger partial charge is 0.449 e. The van der Waals surface area contributed by atoms with E-state index in [4.69, 9.17) is 0 Å². The molecule has 0 atom stereocenters. The van der Waals surface area contributed by atoms with Crippen molar-refractivity contribution in [2.45, 2.75) is 13.1 Å². The van der Waals surface area contributed by atoms with Gasteiger partial charge < -0.3 is 4.98 Å². The minimum Gasteiger partial charge on any atom is -0.303 e. The van der Waals surface area contributed by atoms with Crippen LogP contribution in [0.15, 0.2) is 35.1 Å². The summed E-state index contributed by atoms with van der Waals surface area (Å²) in [5, 5.41) is 0. The molecule has 0 saturated carbocycles. The Labute approximate surface area is 100 Å². The fourth-order valence-corrected chi connectivity index (χ4v) is 1.59. The monoisotopic (exact) mass is 254 g/mol. The number of aromatic amines is 1. The fourth-order valence-electron chi connectivity index (χ4n) is 1.59. The van der Waals surface area contributed by atoms with Crippen LogP contribution in [0.4, 0.5) is 13.2 Å². The lowest BCUT2D eigenvalue weighted by Gasteiger charge is -2.08. The van der Waals surface area contributed by atoms with Gasteiger partial charge in [0.1, 0.15) is 0 Å². The van der Waals surface area contributed by atoms with Crippen molar-refractivity contribution in [3.63, 3.8) is 0 Å². The lowest BCUT2D eigenvalue weighted by molar-refractivity contribution is -0.145. The second-order valence-electron chi connectivity index (χ2n) is 3.79. The Kier molecular flexibility index (Phi) is 2.94. The number of alkyl halides is 3. The number of benzene rings is 1. The van der Waals surface area contributed by atoms with Gasteiger partial charge in [0.05, 0.1) is 5.69 Å². The van der Waals surface area contributed by atoms with E-state index in [2.05, 4.69) is 4.98 Å². The number of aryl methyl sites for hydroxylation is 1. The third-order valence-corrected chi connectivity index (χ3v) is 2.43. The summed E-state index contributed by atoms with van der Waals surface area (Å²) in [5.74, 6) is -1.28. The van der Waals surface area contributed by atoms with E-state index < -0.39 is 17.6 Å². The average Bonchev–Trinajstić information content (AvgIpc) is 2.27. The van der Waals surface area contributed by atoms with E-state index in [9.17, 15) is 18.0 Å². The highest BCUT2D eigenvalue weighted by Gasteiger charge is 2.34. The van der Waals surface area contributed by atoms with Crippen LogP contribution in [0, 0.1) is 6.92 Å². The zero-order chi connectivity index (χ0) is 13.3. The van der Waals surface area contributed by atoms with E-state index >= 15 is 0 Å². The summed E-state index contributed by atoms with van der Waals surface area (Å²) < 4.78 is 37.6. The van der Waals surface area contributed by atoms with Crippen LogP contribution in [0.3, 0.4) is 0 Å². The first-order valence-corrected chi connectivity index (χ1v) is 5.12. The molecule has 0 aliphatic rings. The molecule has 1 heterocycles. The molecule has 0 saturated heterocycles. The van der Waals surface area contributed by atoms with Crippen molar-refractivity contribution in [3.05, 3.63) is 52.1 Å². The molecule has 0 unspecified atom stereocenters. The summed E-state index contributed by atoms with van der Waals surface area (Å²) in [6.45, 7) is 1.74. The van der Waals surface area contributed by atoms with Crippen LogP contribution in [0.1, 0.15) is 11.4 Å². The molecule has 1 aromatic heterocycles. The number of halogens is 3. The third-order valence-electron chi connectivity index (χ3n) is 2.43. The highest BCUT2D eigenvalue weighted by Crippen LogP contribution is 2.27. The van der Waals surface area contributed by atoms with Gasteiger partial charge >= 0.3 is 6.18 Å². The van der Waals surface area contributed by atoms with Gasteiger partial charge in [0.25, 0.3) is 5.56 Å². The molecule has 6 heteroatoms. The number of nitrogens with one attached hydrogen (secondary N) is 1. The summed E-state index contributed by atoms with van der Waals surface area (Å²) in [6.07, 6.45) is -4.67. The molecule has 1 N–H and O–H groups in total. The molecule has 2 aromatic rings. The molecule has 1 aromatic carbocycles. The summed E-state index contributed by atoms with van der Waals surface area (Å²) in [4.78, 5) is 16.4. The zero-order valence-electron chi connectivity index (χ0n) is 9.38. The number of hydrogen-bond acceptors (Lipinski definition) is 2. The van der Waals surface area contributed by atoms with Gasteiger partial charge in [-0.3, -0.25) is 4.79 Å². The minimum atomic E-state index is -4.67. The summed E-state index contributed by atoms with van der Waals surface area (Å²) in [6, 6.07) is 7.86. The topological polar surface area (TPSA) is 45.8 Å². The molecule has 3 nitrogen and oxygen atoms in total. The first kappa shape index (κ1) is 12.3. The van der Waals surface area contributed by atoms with Gasteiger partial charge in [0.15, 0.2) is 0 Å². The average molecular weight is 254 g/mol. The second-order valence-corrected chi connectivity index (χ2v) is 3.79. The van der Waals surface area contributed by atoms with Gasteiger partial charge in [0, 0.05) is 11.6 Å². The van der Waals surface area contributed by atoms with Crippen LogP contribution < -0.4 is 5.56 Å². The molecule has 0 aliphatic carbocycles. The van der Waals surface area contributed by atoms with Gasteiger partial charge in [-0.15, -0.1) is 0 Å². The molecule has 2 rings (SSSR count). The SMILES string of the molecule is Cc1ccccc1-c1cc(=O)[nH]c(C(F)(F)F)n1. The van der Waals surface area contributed by atoms with Crippen LogP contribution in [0.25, 0.3) is 11.3 Å². The summed E-state index contributed by atoms with van der Waals surface area (Å²) in [7, 11) is 0. The van der Waals surface area contributed by atoms with Crippen molar-refractivity contribution < 1.29 is 13.2 Å². The lowest BCUT2D eigenvalue weighted by Crippen LogP contribution is -2.18. The van der Waals surface area contributed by atoms with Crippen molar-refractivity contribution in [1.29, 1.82) is 0 Å². The highest BCUT2D eigenvalue weighted by molar-refractivity contribution is 5.62. The molecule has 0 amide bonds. The number of rotatable bonds is 1. The molecule has 0 spiro atoms. The first-order chi connectivity index (χ1) is 8.38. The number of hydrogen-bond donors (Lipinski definition) is 1. The molecule has 18 heavy (non-hydrogen) atoms. The van der Waals surface area contributed by atoms with E-state index in [1.165, 1.54) is 0 Å². The molecule has 94 valence electrons. The summed E-state index contributed by atoms with van der Waals surface area (Å²) >= 11 is 0. The highest BCUT2D eigenvalue weighted by atomic mass is 19.4. The lowest BCUT2D eigenvalue weighted by atomic mass is 10.1. The maximum absolute atomic E-state index is 12.5. The van der Waals surface area contributed by atoms with Crippen molar-refractivity contribution in [2.75, 3.05) is 0 Å². The predicted molar refractivity (Wildman–Crippen MR) is 60.0 cm³/mol. The van der Waals surface area contributed by atoms with Gasteiger partial charge in [0.2, 0.25) is 5.82 Å². The number of nitrogens with zero attached hydrogens (tertiary/aromatic N) is 1. The predicted octanol–water partition coefficient (Wildman–Crippen LogP) is 2.76. The molecule has 0 radical (unpaired) electrons. The van der Waals surface area contributed by atoms with E-state index in [1.807, 2.05) is 0 Å². The maximum atomic E-state index is 12.5. The van der Waals surface area contributed by atoms with Crippen LogP contribution >= 0.6 is 0 Å². The van der Waals surface area contributed by atoms with Gasteiger partial charge in [-0.05, 0) is 12.5 Å².